The Morgan fingerprint density at radius 2 is 1.95 bits per heavy atom. The Morgan fingerprint density at radius 3 is 2.67 bits per heavy atom. The van der Waals surface area contributed by atoms with Gasteiger partial charge in [-0.1, -0.05) is 38.3 Å². The lowest BCUT2D eigenvalue weighted by molar-refractivity contribution is 0.139. The zero-order chi connectivity index (χ0) is 14.7. The van der Waals surface area contributed by atoms with Crippen molar-refractivity contribution in [3.05, 3.63) is 29.8 Å². The van der Waals surface area contributed by atoms with E-state index in [0.29, 0.717) is 11.5 Å². The molecule has 0 bridgehead atoms. The summed E-state index contributed by atoms with van der Waals surface area (Å²) in [6.07, 6.45) is 8.46. The summed E-state index contributed by atoms with van der Waals surface area (Å²) >= 11 is 0. The lowest BCUT2D eigenvalue weighted by atomic mass is 9.68. The summed E-state index contributed by atoms with van der Waals surface area (Å²) in [7, 11) is 0. The van der Waals surface area contributed by atoms with Crippen molar-refractivity contribution in [2.24, 2.45) is 5.41 Å². The number of nitrogens with zero attached hydrogens (tertiary/aromatic N) is 1. The third-order valence-electron chi connectivity index (χ3n) is 5.40. The van der Waals surface area contributed by atoms with Crippen LogP contribution in [-0.2, 0) is 0 Å². The summed E-state index contributed by atoms with van der Waals surface area (Å²) in [5.41, 5.74) is 3.51. The Hall–Kier alpha value is -1.02. The van der Waals surface area contributed by atoms with Gasteiger partial charge in [-0.05, 0) is 50.4 Å². The summed E-state index contributed by atoms with van der Waals surface area (Å²) < 4.78 is 0. The first-order valence-corrected chi connectivity index (χ1v) is 8.81. The molecule has 1 heterocycles. The predicted molar refractivity (Wildman–Crippen MR) is 90.9 cm³/mol. The van der Waals surface area contributed by atoms with Gasteiger partial charge in [0.25, 0.3) is 0 Å². The van der Waals surface area contributed by atoms with E-state index >= 15 is 0 Å². The van der Waals surface area contributed by atoms with Gasteiger partial charge in [0, 0.05) is 30.2 Å². The smallest absolute Gasteiger partial charge is 0.0369 e. The van der Waals surface area contributed by atoms with E-state index in [4.69, 9.17) is 0 Å². The van der Waals surface area contributed by atoms with Gasteiger partial charge in [-0.15, -0.1) is 0 Å². The van der Waals surface area contributed by atoms with Crippen molar-refractivity contribution in [1.29, 1.82) is 0 Å². The number of hydrogen-bond donors (Lipinski definition) is 1. The fourth-order valence-electron chi connectivity index (χ4n) is 4.03. The molecule has 1 aromatic carbocycles. The molecule has 1 aromatic rings. The molecular formula is C19H30N2. The lowest BCUT2D eigenvalue weighted by Gasteiger charge is -2.53. The third-order valence-corrected chi connectivity index (χ3v) is 5.40. The highest BCUT2D eigenvalue weighted by Crippen LogP contribution is 2.45. The number of hydrogen-bond acceptors (Lipinski definition) is 2. The molecule has 2 fully saturated rings. The van der Waals surface area contributed by atoms with Gasteiger partial charge in [-0.2, -0.15) is 0 Å². The maximum atomic E-state index is 3.59. The van der Waals surface area contributed by atoms with E-state index in [9.17, 15) is 0 Å². The zero-order valence-electron chi connectivity index (χ0n) is 13.7. The van der Waals surface area contributed by atoms with Crippen molar-refractivity contribution in [1.82, 2.24) is 5.32 Å². The molecular weight excluding hydrogens is 256 g/mol. The molecule has 1 unspecified atom stereocenters. The maximum absolute atomic E-state index is 3.59. The summed E-state index contributed by atoms with van der Waals surface area (Å²) in [6.45, 7) is 8.16. The molecule has 1 saturated heterocycles. The van der Waals surface area contributed by atoms with Crippen molar-refractivity contribution < 1.29 is 0 Å². The topological polar surface area (TPSA) is 15.3 Å². The van der Waals surface area contributed by atoms with E-state index in [2.05, 4.69) is 48.3 Å². The van der Waals surface area contributed by atoms with Gasteiger partial charge in [-0.3, -0.25) is 0 Å². The predicted octanol–water partition coefficient (Wildman–Crippen LogP) is 4.52. The molecule has 0 aromatic heterocycles. The third kappa shape index (κ3) is 3.26. The van der Waals surface area contributed by atoms with Gasteiger partial charge >= 0.3 is 0 Å². The average Bonchev–Trinajstić information content (AvgIpc) is 2.51. The van der Waals surface area contributed by atoms with Crippen LogP contribution in [0.25, 0.3) is 0 Å². The number of rotatable bonds is 5. The Kier molecular flexibility index (Phi) is 4.54. The van der Waals surface area contributed by atoms with Crippen molar-refractivity contribution in [3.63, 3.8) is 0 Å². The molecule has 21 heavy (non-hydrogen) atoms. The lowest BCUT2D eigenvalue weighted by Crippen LogP contribution is -2.57. The standard InChI is InChI=1S/C19H30N2/c1-3-12-20-16(2)17-8-7-9-18(13-17)21-14-19(15-21)10-5-4-6-11-19/h7-9,13,16,20H,3-6,10-12,14-15H2,1-2H3. The summed E-state index contributed by atoms with van der Waals surface area (Å²) in [4.78, 5) is 2.58. The molecule has 1 atom stereocenters. The Bertz CT molecular complexity index is 454. The van der Waals surface area contributed by atoms with Gasteiger partial charge in [0.05, 0.1) is 0 Å². The molecule has 2 heteroatoms. The van der Waals surface area contributed by atoms with E-state index in [0.717, 1.165) is 6.54 Å². The summed E-state index contributed by atoms with van der Waals surface area (Å²) in [6, 6.07) is 9.61. The SMILES string of the molecule is CCCNC(C)c1cccc(N2CC3(CCCCC3)C2)c1. The highest BCUT2D eigenvalue weighted by Gasteiger charge is 2.43. The minimum atomic E-state index is 0.454. The highest BCUT2D eigenvalue weighted by atomic mass is 15.2. The molecule has 0 radical (unpaired) electrons. The molecule has 2 nitrogen and oxygen atoms in total. The fourth-order valence-corrected chi connectivity index (χ4v) is 4.03. The first-order chi connectivity index (χ1) is 10.2. The van der Waals surface area contributed by atoms with Gasteiger partial charge in [-0.25, -0.2) is 0 Å². The summed E-state index contributed by atoms with van der Waals surface area (Å²) in [5, 5.41) is 3.59. The van der Waals surface area contributed by atoms with Crippen LogP contribution in [0.1, 0.15) is 64.0 Å². The second kappa shape index (κ2) is 6.39. The Morgan fingerprint density at radius 1 is 1.19 bits per heavy atom. The molecule has 3 rings (SSSR count). The zero-order valence-corrected chi connectivity index (χ0v) is 13.7. The number of anilines is 1. The molecule has 1 aliphatic carbocycles. The van der Waals surface area contributed by atoms with Crippen LogP contribution < -0.4 is 10.2 Å². The normalized spacial score (nSPS) is 22.1. The molecule has 1 N–H and O–H groups in total. The number of nitrogens with one attached hydrogen (secondary N) is 1. The van der Waals surface area contributed by atoms with Crippen LogP contribution in [0.15, 0.2) is 24.3 Å². The highest BCUT2D eigenvalue weighted by molar-refractivity contribution is 5.52. The van der Waals surface area contributed by atoms with Crippen LogP contribution in [-0.4, -0.2) is 19.6 Å². The van der Waals surface area contributed by atoms with Crippen molar-refractivity contribution >= 4 is 5.69 Å². The molecule has 2 aliphatic rings. The molecule has 1 spiro atoms. The van der Waals surface area contributed by atoms with E-state index in [1.165, 1.54) is 62.9 Å². The van der Waals surface area contributed by atoms with Crippen molar-refractivity contribution in [3.8, 4) is 0 Å². The Balaban J connectivity index is 1.62. The second-order valence-electron chi connectivity index (χ2n) is 7.19. The van der Waals surface area contributed by atoms with E-state index in [1.54, 1.807) is 0 Å². The minimum Gasteiger partial charge on any atom is -0.370 e. The average molecular weight is 286 g/mol. The maximum Gasteiger partial charge on any atom is 0.0369 e. The largest absolute Gasteiger partial charge is 0.370 e. The minimum absolute atomic E-state index is 0.454. The fraction of sp³-hybridized carbons (Fsp3) is 0.684. The van der Waals surface area contributed by atoms with Crippen LogP contribution in [0.3, 0.4) is 0 Å². The van der Waals surface area contributed by atoms with Crippen LogP contribution in [0.4, 0.5) is 5.69 Å². The van der Waals surface area contributed by atoms with Crippen LogP contribution in [0.2, 0.25) is 0 Å². The first-order valence-electron chi connectivity index (χ1n) is 8.81. The molecule has 116 valence electrons. The van der Waals surface area contributed by atoms with Gasteiger partial charge in [0.15, 0.2) is 0 Å². The van der Waals surface area contributed by atoms with Crippen molar-refractivity contribution in [2.45, 2.75) is 58.4 Å². The van der Waals surface area contributed by atoms with E-state index in [-0.39, 0.29) is 0 Å². The van der Waals surface area contributed by atoms with Crippen LogP contribution in [0, 0.1) is 5.41 Å². The van der Waals surface area contributed by atoms with E-state index < -0.39 is 0 Å². The van der Waals surface area contributed by atoms with Gasteiger partial charge in [0.2, 0.25) is 0 Å². The first kappa shape index (κ1) is 14.9. The molecule has 0 amide bonds. The second-order valence-corrected chi connectivity index (χ2v) is 7.19. The van der Waals surface area contributed by atoms with Gasteiger partial charge in [0.1, 0.15) is 0 Å². The quantitative estimate of drug-likeness (QED) is 0.856. The number of benzene rings is 1. The molecule has 1 saturated carbocycles. The van der Waals surface area contributed by atoms with E-state index in [1.807, 2.05) is 0 Å². The Labute approximate surface area is 129 Å². The molecule has 1 aliphatic heterocycles. The summed E-state index contributed by atoms with van der Waals surface area (Å²) in [5.74, 6) is 0. The van der Waals surface area contributed by atoms with Crippen molar-refractivity contribution in [2.75, 3.05) is 24.5 Å². The monoisotopic (exact) mass is 286 g/mol. The van der Waals surface area contributed by atoms with Crippen LogP contribution >= 0.6 is 0 Å². The van der Waals surface area contributed by atoms with Crippen LogP contribution in [0.5, 0.6) is 0 Å². The van der Waals surface area contributed by atoms with Gasteiger partial charge < -0.3 is 10.2 Å².